The predicted molar refractivity (Wildman–Crippen MR) is 77.0 cm³/mol. The van der Waals surface area contributed by atoms with Gasteiger partial charge in [0.15, 0.2) is 0 Å². The van der Waals surface area contributed by atoms with Gasteiger partial charge in [-0.3, -0.25) is 4.68 Å². The number of ether oxygens (including phenoxy) is 1. The van der Waals surface area contributed by atoms with Crippen LogP contribution in [0.15, 0.2) is 28.9 Å². The summed E-state index contributed by atoms with van der Waals surface area (Å²) in [6.45, 7) is 2.70. The molecule has 20 heavy (non-hydrogen) atoms. The van der Waals surface area contributed by atoms with Crippen molar-refractivity contribution in [3.05, 3.63) is 51.5 Å². The Morgan fingerprint density at radius 2 is 2.25 bits per heavy atom. The SMILES string of the molecule is COCCn1ncc(Br)c1C(O)c1ccc(F)c(C)c1. The first-order chi connectivity index (χ1) is 9.54. The van der Waals surface area contributed by atoms with E-state index in [0.29, 0.717) is 34.4 Å². The molecule has 1 aromatic carbocycles. The third-order valence-corrected chi connectivity index (χ3v) is 3.71. The first-order valence-corrected chi connectivity index (χ1v) is 6.98. The van der Waals surface area contributed by atoms with Crippen molar-refractivity contribution in [2.24, 2.45) is 0 Å². The van der Waals surface area contributed by atoms with E-state index >= 15 is 0 Å². The van der Waals surface area contributed by atoms with Gasteiger partial charge in [0.1, 0.15) is 11.9 Å². The Morgan fingerprint density at radius 1 is 1.50 bits per heavy atom. The third kappa shape index (κ3) is 3.08. The van der Waals surface area contributed by atoms with Crippen molar-refractivity contribution < 1.29 is 14.2 Å². The van der Waals surface area contributed by atoms with Gasteiger partial charge in [-0.15, -0.1) is 0 Å². The molecule has 2 rings (SSSR count). The van der Waals surface area contributed by atoms with Gasteiger partial charge in [0.2, 0.25) is 0 Å². The molecule has 0 saturated heterocycles. The molecule has 0 saturated carbocycles. The van der Waals surface area contributed by atoms with E-state index in [1.165, 1.54) is 6.07 Å². The Morgan fingerprint density at radius 3 is 2.90 bits per heavy atom. The second kappa shape index (κ2) is 6.47. The van der Waals surface area contributed by atoms with Crippen molar-refractivity contribution in [2.75, 3.05) is 13.7 Å². The zero-order valence-corrected chi connectivity index (χ0v) is 12.9. The quantitative estimate of drug-likeness (QED) is 0.908. The summed E-state index contributed by atoms with van der Waals surface area (Å²) in [6, 6.07) is 4.57. The number of benzene rings is 1. The number of methoxy groups -OCH3 is 1. The molecule has 1 N–H and O–H groups in total. The van der Waals surface area contributed by atoms with Gasteiger partial charge in [-0.25, -0.2) is 4.39 Å². The molecule has 1 aromatic heterocycles. The molecule has 4 nitrogen and oxygen atoms in total. The van der Waals surface area contributed by atoms with E-state index in [4.69, 9.17) is 4.74 Å². The molecule has 0 radical (unpaired) electrons. The van der Waals surface area contributed by atoms with Gasteiger partial charge in [-0.05, 0) is 40.0 Å². The van der Waals surface area contributed by atoms with Crippen LogP contribution in [0.4, 0.5) is 4.39 Å². The van der Waals surface area contributed by atoms with Crippen molar-refractivity contribution in [1.29, 1.82) is 0 Å². The van der Waals surface area contributed by atoms with E-state index in [1.807, 2.05) is 0 Å². The Labute approximate surface area is 125 Å². The van der Waals surface area contributed by atoms with Crippen LogP contribution in [0, 0.1) is 12.7 Å². The van der Waals surface area contributed by atoms with E-state index in [9.17, 15) is 9.50 Å². The van der Waals surface area contributed by atoms with Crippen molar-refractivity contribution in [3.8, 4) is 0 Å². The highest BCUT2D eigenvalue weighted by Gasteiger charge is 2.20. The Kier molecular flexibility index (Phi) is 4.91. The molecule has 0 spiro atoms. The minimum Gasteiger partial charge on any atom is -0.383 e. The van der Waals surface area contributed by atoms with Crippen LogP contribution in [0.5, 0.6) is 0 Å². The van der Waals surface area contributed by atoms with Crippen LogP contribution in [0.2, 0.25) is 0 Å². The van der Waals surface area contributed by atoms with E-state index < -0.39 is 6.10 Å². The van der Waals surface area contributed by atoms with Crippen LogP contribution >= 0.6 is 15.9 Å². The first-order valence-electron chi connectivity index (χ1n) is 6.19. The molecular formula is C14H16BrFN2O2. The molecular weight excluding hydrogens is 327 g/mol. The molecule has 0 aliphatic rings. The maximum Gasteiger partial charge on any atom is 0.126 e. The summed E-state index contributed by atoms with van der Waals surface area (Å²) in [6.07, 6.45) is 0.757. The zero-order chi connectivity index (χ0) is 14.7. The molecule has 108 valence electrons. The highest BCUT2D eigenvalue weighted by Crippen LogP contribution is 2.29. The molecule has 6 heteroatoms. The summed E-state index contributed by atoms with van der Waals surface area (Å²) in [5.74, 6) is -0.284. The molecule has 0 aliphatic heterocycles. The number of aromatic nitrogens is 2. The summed E-state index contributed by atoms with van der Waals surface area (Å²) in [4.78, 5) is 0. The molecule has 0 bridgehead atoms. The molecule has 1 unspecified atom stereocenters. The number of rotatable bonds is 5. The number of aliphatic hydroxyl groups excluding tert-OH is 1. The number of hydrogen-bond acceptors (Lipinski definition) is 3. The van der Waals surface area contributed by atoms with Crippen molar-refractivity contribution in [1.82, 2.24) is 9.78 Å². The number of hydrogen-bond donors (Lipinski definition) is 1. The number of aryl methyl sites for hydroxylation is 1. The first kappa shape index (κ1) is 15.2. The lowest BCUT2D eigenvalue weighted by atomic mass is 10.0. The summed E-state index contributed by atoms with van der Waals surface area (Å²) < 4.78 is 20.7. The van der Waals surface area contributed by atoms with Gasteiger partial charge in [0, 0.05) is 7.11 Å². The van der Waals surface area contributed by atoms with E-state index in [2.05, 4.69) is 21.0 Å². The van der Waals surface area contributed by atoms with Gasteiger partial charge in [-0.1, -0.05) is 12.1 Å². The second-order valence-corrected chi connectivity index (χ2v) is 5.36. The fraction of sp³-hybridized carbons (Fsp3) is 0.357. The monoisotopic (exact) mass is 342 g/mol. The lowest BCUT2D eigenvalue weighted by molar-refractivity contribution is 0.171. The van der Waals surface area contributed by atoms with Crippen LogP contribution in [-0.2, 0) is 11.3 Å². The lowest BCUT2D eigenvalue weighted by Crippen LogP contribution is -2.13. The van der Waals surface area contributed by atoms with Gasteiger partial charge in [-0.2, -0.15) is 5.10 Å². The number of halogens is 2. The van der Waals surface area contributed by atoms with E-state index in [1.54, 1.807) is 37.0 Å². The lowest BCUT2D eigenvalue weighted by Gasteiger charge is -2.15. The molecule has 0 amide bonds. The van der Waals surface area contributed by atoms with Crippen molar-refractivity contribution in [2.45, 2.75) is 19.6 Å². The predicted octanol–water partition coefficient (Wildman–Crippen LogP) is 2.82. The summed E-state index contributed by atoms with van der Waals surface area (Å²) in [7, 11) is 1.61. The molecule has 0 aliphatic carbocycles. The van der Waals surface area contributed by atoms with E-state index in [0.717, 1.165) is 0 Å². The molecule has 1 atom stereocenters. The average molecular weight is 343 g/mol. The van der Waals surface area contributed by atoms with E-state index in [-0.39, 0.29) is 5.82 Å². The highest BCUT2D eigenvalue weighted by molar-refractivity contribution is 9.10. The Bertz CT molecular complexity index is 601. The maximum atomic E-state index is 13.3. The fourth-order valence-electron chi connectivity index (χ4n) is 2.00. The van der Waals surface area contributed by atoms with Crippen LogP contribution in [0.1, 0.15) is 22.9 Å². The molecule has 0 fully saturated rings. The number of nitrogens with zero attached hydrogens (tertiary/aromatic N) is 2. The van der Waals surface area contributed by atoms with Crippen LogP contribution in [-0.4, -0.2) is 28.6 Å². The minimum atomic E-state index is -0.872. The Balaban J connectivity index is 2.34. The summed E-state index contributed by atoms with van der Waals surface area (Å²) in [5, 5.41) is 14.7. The average Bonchev–Trinajstić information content (AvgIpc) is 2.80. The summed E-state index contributed by atoms with van der Waals surface area (Å²) in [5.41, 5.74) is 1.76. The Hall–Kier alpha value is -1.24. The van der Waals surface area contributed by atoms with Gasteiger partial charge in [0.05, 0.1) is 29.5 Å². The van der Waals surface area contributed by atoms with Gasteiger partial charge >= 0.3 is 0 Å². The van der Waals surface area contributed by atoms with Gasteiger partial charge in [0.25, 0.3) is 0 Å². The van der Waals surface area contributed by atoms with Crippen LogP contribution in [0.25, 0.3) is 0 Å². The standard InChI is InChI=1S/C14H16BrFN2O2/c1-9-7-10(3-4-12(9)16)14(19)13-11(15)8-17-18(13)5-6-20-2/h3-4,7-8,14,19H,5-6H2,1-2H3. The van der Waals surface area contributed by atoms with Crippen LogP contribution < -0.4 is 0 Å². The van der Waals surface area contributed by atoms with Crippen molar-refractivity contribution >= 4 is 15.9 Å². The minimum absolute atomic E-state index is 0.284. The maximum absolute atomic E-state index is 13.3. The van der Waals surface area contributed by atoms with Crippen LogP contribution in [0.3, 0.4) is 0 Å². The highest BCUT2D eigenvalue weighted by atomic mass is 79.9. The zero-order valence-electron chi connectivity index (χ0n) is 11.3. The second-order valence-electron chi connectivity index (χ2n) is 4.50. The topological polar surface area (TPSA) is 47.3 Å². The number of aliphatic hydroxyl groups is 1. The largest absolute Gasteiger partial charge is 0.383 e. The fourth-order valence-corrected chi connectivity index (χ4v) is 2.51. The van der Waals surface area contributed by atoms with Crippen molar-refractivity contribution in [3.63, 3.8) is 0 Å². The summed E-state index contributed by atoms with van der Waals surface area (Å²) >= 11 is 3.38. The van der Waals surface area contributed by atoms with Gasteiger partial charge < -0.3 is 9.84 Å². The molecule has 2 aromatic rings. The smallest absolute Gasteiger partial charge is 0.126 e. The normalized spacial score (nSPS) is 12.7. The molecule has 1 heterocycles. The third-order valence-electron chi connectivity index (χ3n) is 3.10.